The van der Waals surface area contributed by atoms with Crippen LogP contribution >= 0.6 is 27.3 Å². The topological polar surface area (TPSA) is 76.1 Å². The number of amides is 1. The molecule has 1 heterocycles. The summed E-state index contributed by atoms with van der Waals surface area (Å²) in [5.41, 5.74) is 0.708. The highest BCUT2D eigenvalue weighted by Gasteiger charge is 2.20. The summed E-state index contributed by atoms with van der Waals surface area (Å²) in [5, 5.41) is 2.81. The number of benzene rings is 2. The Morgan fingerprint density at radius 2 is 1.92 bits per heavy atom. The highest BCUT2D eigenvalue weighted by Crippen LogP contribution is 2.28. The number of carbonyl (C=O) groups is 1. The first-order chi connectivity index (χ1) is 11.3. The largest absolute Gasteiger partial charge is 0.301 e. The van der Waals surface area contributed by atoms with E-state index in [-0.39, 0.29) is 4.90 Å². The Hall–Kier alpha value is -1.84. The first-order valence-electron chi connectivity index (χ1n) is 6.68. The van der Waals surface area contributed by atoms with Gasteiger partial charge in [-0.1, -0.05) is 27.3 Å². The van der Waals surface area contributed by atoms with Crippen molar-refractivity contribution in [2.45, 2.75) is 4.90 Å². The molecule has 1 amide bonds. The molecular formula is C15H10BrFN2O3S2. The number of halogens is 2. The average molecular weight is 429 g/mol. The van der Waals surface area contributed by atoms with E-state index in [9.17, 15) is 17.6 Å². The highest BCUT2D eigenvalue weighted by atomic mass is 79.9. The quantitative estimate of drug-likeness (QED) is 0.643. The van der Waals surface area contributed by atoms with Crippen LogP contribution in [0.4, 0.5) is 9.52 Å². The van der Waals surface area contributed by atoms with E-state index < -0.39 is 27.3 Å². The fraction of sp³-hybridized carbons (Fsp3) is 0.0667. The first-order valence-corrected chi connectivity index (χ1v) is 9.94. The van der Waals surface area contributed by atoms with Crippen molar-refractivity contribution >= 4 is 58.4 Å². The van der Waals surface area contributed by atoms with E-state index in [0.29, 0.717) is 10.6 Å². The lowest BCUT2D eigenvalue weighted by molar-refractivity contribution is -0.113. The Kier molecular flexibility index (Phi) is 4.66. The predicted molar refractivity (Wildman–Crippen MR) is 94.4 cm³/mol. The number of nitrogens with one attached hydrogen (secondary N) is 1. The molecule has 0 unspecified atom stereocenters. The lowest BCUT2D eigenvalue weighted by Gasteiger charge is -2.04. The maximum atomic E-state index is 12.9. The van der Waals surface area contributed by atoms with Gasteiger partial charge in [-0.15, -0.1) is 0 Å². The lowest BCUT2D eigenvalue weighted by Crippen LogP contribution is -2.22. The van der Waals surface area contributed by atoms with Gasteiger partial charge in [0.05, 0.1) is 15.1 Å². The number of hydrogen-bond donors (Lipinski definition) is 1. The third-order valence-electron chi connectivity index (χ3n) is 3.09. The molecule has 3 rings (SSSR count). The van der Waals surface area contributed by atoms with Gasteiger partial charge in [-0.2, -0.15) is 0 Å². The molecule has 0 saturated heterocycles. The Bertz CT molecular complexity index is 1020. The normalized spacial score (nSPS) is 11.6. The maximum absolute atomic E-state index is 12.9. The lowest BCUT2D eigenvalue weighted by atomic mass is 10.3. The molecule has 3 aromatic rings. The molecule has 0 aliphatic heterocycles. The molecule has 0 aliphatic carbocycles. The first kappa shape index (κ1) is 17.0. The Morgan fingerprint density at radius 3 is 2.62 bits per heavy atom. The summed E-state index contributed by atoms with van der Waals surface area (Å²) in [7, 11) is -3.84. The number of aromatic nitrogens is 1. The van der Waals surface area contributed by atoms with Gasteiger partial charge in [0.2, 0.25) is 5.91 Å². The van der Waals surface area contributed by atoms with Gasteiger partial charge >= 0.3 is 0 Å². The summed E-state index contributed by atoms with van der Waals surface area (Å²) in [4.78, 5) is 16.1. The monoisotopic (exact) mass is 428 g/mol. The smallest absolute Gasteiger partial charge is 0.241 e. The van der Waals surface area contributed by atoms with Crippen molar-refractivity contribution in [3.8, 4) is 0 Å². The van der Waals surface area contributed by atoms with E-state index in [4.69, 9.17) is 0 Å². The highest BCUT2D eigenvalue weighted by molar-refractivity contribution is 9.10. The van der Waals surface area contributed by atoms with Crippen molar-refractivity contribution in [1.29, 1.82) is 0 Å². The predicted octanol–water partition coefficient (Wildman–Crippen LogP) is 3.61. The number of thiazole rings is 1. The van der Waals surface area contributed by atoms with E-state index in [1.165, 1.54) is 11.3 Å². The standard InChI is InChI=1S/C15H10BrFN2O3S2/c16-9-1-6-12-13(7-9)23-15(18-12)19-14(20)8-24(21,22)11-4-2-10(17)3-5-11/h1-7H,8H2,(H,18,19,20). The minimum atomic E-state index is -3.84. The summed E-state index contributed by atoms with van der Waals surface area (Å²) < 4.78 is 38.9. The van der Waals surface area contributed by atoms with Crippen LogP contribution in [0.15, 0.2) is 51.8 Å². The zero-order valence-corrected chi connectivity index (χ0v) is 15.2. The van der Waals surface area contributed by atoms with Crippen LogP contribution < -0.4 is 5.32 Å². The average Bonchev–Trinajstić information content (AvgIpc) is 2.88. The van der Waals surface area contributed by atoms with Crippen molar-refractivity contribution in [1.82, 2.24) is 4.98 Å². The zero-order valence-electron chi connectivity index (χ0n) is 12.0. The molecule has 124 valence electrons. The molecule has 0 bridgehead atoms. The van der Waals surface area contributed by atoms with Gasteiger partial charge in [0.15, 0.2) is 15.0 Å². The van der Waals surface area contributed by atoms with Gasteiger partial charge in [-0.3, -0.25) is 4.79 Å². The number of carbonyl (C=O) groups excluding carboxylic acids is 1. The van der Waals surface area contributed by atoms with Crippen LogP contribution in [0.1, 0.15) is 0 Å². The van der Waals surface area contributed by atoms with Crippen molar-refractivity contribution in [2.75, 3.05) is 11.1 Å². The van der Waals surface area contributed by atoms with E-state index >= 15 is 0 Å². The van der Waals surface area contributed by atoms with Crippen LogP contribution in [0.5, 0.6) is 0 Å². The SMILES string of the molecule is O=C(CS(=O)(=O)c1ccc(F)cc1)Nc1nc2ccc(Br)cc2s1. The van der Waals surface area contributed by atoms with Gasteiger partial charge < -0.3 is 5.32 Å². The molecule has 1 N–H and O–H groups in total. The second-order valence-electron chi connectivity index (χ2n) is 4.89. The molecule has 5 nitrogen and oxygen atoms in total. The van der Waals surface area contributed by atoms with Crippen LogP contribution in [0.25, 0.3) is 10.2 Å². The molecule has 0 fully saturated rings. The van der Waals surface area contributed by atoms with Crippen molar-refractivity contribution in [2.24, 2.45) is 0 Å². The number of fused-ring (bicyclic) bond motifs is 1. The minimum Gasteiger partial charge on any atom is -0.301 e. The second kappa shape index (κ2) is 6.58. The molecule has 0 radical (unpaired) electrons. The van der Waals surface area contributed by atoms with Crippen molar-refractivity contribution in [3.63, 3.8) is 0 Å². The summed E-state index contributed by atoms with van der Waals surface area (Å²) in [6.07, 6.45) is 0. The summed E-state index contributed by atoms with van der Waals surface area (Å²) in [6.45, 7) is 0. The summed E-state index contributed by atoms with van der Waals surface area (Å²) in [6, 6.07) is 9.82. The van der Waals surface area contributed by atoms with Crippen LogP contribution in [-0.2, 0) is 14.6 Å². The van der Waals surface area contributed by atoms with E-state index in [0.717, 1.165) is 33.4 Å². The second-order valence-corrected chi connectivity index (χ2v) is 8.83. The van der Waals surface area contributed by atoms with Crippen LogP contribution in [0, 0.1) is 5.82 Å². The molecule has 0 spiro atoms. The van der Waals surface area contributed by atoms with E-state index in [2.05, 4.69) is 26.2 Å². The fourth-order valence-corrected chi connectivity index (χ4v) is 4.57. The Labute approximate surface area is 149 Å². The number of anilines is 1. The van der Waals surface area contributed by atoms with Crippen molar-refractivity contribution in [3.05, 3.63) is 52.8 Å². The molecular weight excluding hydrogens is 419 g/mol. The summed E-state index contributed by atoms with van der Waals surface area (Å²) >= 11 is 4.59. The molecule has 0 aliphatic rings. The molecule has 2 aromatic carbocycles. The zero-order chi connectivity index (χ0) is 17.3. The number of nitrogens with zero attached hydrogens (tertiary/aromatic N) is 1. The molecule has 1 aromatic heterocycles. The van der Waals surface area contributed by atoms with Gasteiger partial charge in [-0.05, 0) is 42.5 Å². The van der Waals surface area contributed by atoms with E-state index in [1.54, 1.807) is 6.07 Å². The van der Waals surface area contributed by atoms with Gasteiger partial charge in [-0.25, -0.2) is 17.8 Å². The van der Waals surface area contributed by atoms with E-state index in [1.807, 2.05) is 12.1 Å². The maximum Gasteiger partial charge on any atom is 0.241 e. The molecule has 24 heavy (non-hydrogen) atoms. The van der Waals surface area contributed by atoms with Crippen LogP contribution in [-0.4, -0.2) is 25.1 Å². The van der Waals surface area contributed by atoms with Gasteiger partial charge in [0, 0.05) is 4.47 Å². The number of sulfone groups is 1. The number of rotatable bonds is 4. The Morgan fingerprint density at radius 1 is 1.21 bits per heavy atom. The molecule has 0 atom stereocenters. The minimum absolute atomic E-state index is 0.104. The van der Waals surface area contributed by atoms with Crippen LogP contribution in [0.2, 0.25) is 0 Å². The van der Waals surface area contributed by atoms with Gasteiger partial charge in [0.1, 0.15) is 11.6 Å². The van der Waals surface area contributed by atoms with Crippen LogP contribution in [0.3, 0.4) is 0 Å². The summed E-state index contributed by atoms with van der Waals surface area (Å²) in [5.74, 6) is -1.98. The Balaban J connectivity index is 1.75. The van der Waals surface area contributed by atoms with Crippen molar-refractivity contribution < 1.29 is 17.6 Å². The third kappa shape index (κ3) is 3.80. The fourth-order valence-electron chi connectivity index (χ4n) is 2.01. The number of hydrogen-bond acceptors (Lipinski definition) is 5. The third-order valence-corrected chi connectivity index (χ3v) is 6.15. The molecule has 0 saturated carbocycles. The van der Waals surface area contributed by atoms with Gasteiger partial charge in [0.25, 0.3) is 0 Å². The molecule has 9 heteroatoms.